The molecule has 0 saturated heterocycles. The van der Waals surface area contributed by atoms with E-state index in [0.717, 1.165) is 0 Å². The number of nitrogens with two attached hydrogens (primary N) is 1. The minimum absolute atomic E-state index is 0.0180. The molecule has 1 aromatic carbocycles. The molecule has 9 heteroatoms. The predicted molar refractivity (Wildman–Crippen MR) is 105 cm³/mol. The minimum atomic E-state index is -0.497. The molecule has 2 aromatic rings. The van der Waals surface area contributed by atoms with Gasteiger partial charge in [-0.15, -0.1) is 5.92 Å². The molecule has 0 fully saturated rings. The van der Waals surface area contributed by atoms with Gasteiger partial charge < -0.3 is 20.5 Å². The lowest BCUT2D eigenvalue weighted by atomic mass is 9.94. The van der Waals surface area contributed by atoms with Crippen molar-refractivity contribution >= 4 is 17.6 Å². The van der Waals surface area contributed by atoms with Gasteiger partial charge >= 0.3 is 0 Å². The number of anilines is 1. The van der Waals surface area contributed by atoms with Crippen molar-refractivity contribution in [1.82, 2.24) is 9.97 Å². The van der Waals surface area contributed by atoms with Gasteiger partial charge in [-0.05, 0) is 25.1 Å². The molecule has 3 rings (SSSR count). The lowest BCUT2D eigenvalue weighted by Gasteiger charge is -2.26. The van der Waals surface area contributed by atoms with Crippen molar-refractivity contribution in [1.29, 1.82) is 0 Å². The molecule has 29 heavy (non-hydrogen) atoms. The Hall–Kier alpha value is -3.67. The topological polar surface area (TPSA) is 112 Å². The molecule has 1 aromatic heterocycles. The van der Waals surface area contributed by atoms with Crippen molar-refractivity contribution in [2.45, 2.75) is 19.9 Å². The molecule has 0 spiro atoms. The molecule has 2 unspecified atom stereocenters. The number of amidine groups is 1. The molecule has 0 bridgehead atoms. The Bertz CT molecular complexity index is 982. The molecule has 1 aliphatic rings. The first kappa shape index (κ1) is 20.1. The lowest BCUT2D eigenvalue weighted by Crippen LogP contribution is -2.29. The average Bonchev–Trinajstić information content (AvgIpc) is 2.72. The van der Waals surface area contributed by atoms with Crippen LogP contribution in [-0.4, -0.2) is 35.1 Å². The number of carbonyl (C=O) groups excluding carboxylic acids is 1. The fraction of sp³-hybridized carbons (Fsp3) is 0.300. The molecule has 2 heterocycles. The molecule has 1 aliphatic heterocycles. The Labute approximate surface area is 167 Å². The summed E-state index contributed by atoms with van der Waals surface area (Å²) in [7, 11) is 0. The third kappa shape index (κ3) is 4.99. The van der Waals surface area contributed by atoms with Crippen LogP contribution in [0.1, 0.15) is 35.9 Å². The van der Waals surface area contributed by atoms with Crippen LogP contribution in [0.2, 0.25) is 0 Å². The summed E-state index contributed by atoms with van der Waals surface area (Å²) in [5, 5.41) is 2.68. The first-order valence-electron chi connectivity index (χ1n) is 8.89. The number of rotatable bonds is 5. The Morgan fingerprint density at radius 1 is 1.41 bits per heavy atom. The Balaban J connectivity index is 1.74. The maximum atomic E-state index is 14.4. The number of hydrogen-bond donors (Lipinski definition) is 2. The summed E-state index contributed by atoms with van der Waals surface area (Å²) in [5.74, 6) is 4.70. The predicted octanol–water partition coefficient (Wildman–Crippen LogP) is 2.29. The van der Waals surface area contributed by atoms with E-state index >= 15 is 0 Å². The number of nitrogens with zero attached hydrogens (tertiary/aromatic N) is 3. The molecule has 0 aliphatic carbocycles. The van der Waals surface area contributed by atoms with Crippen LogP contribution >= 0.6 is 0 Å². The first-order chi connectivity index (χ1) is 14.0. The molecule has 1 amide bonds. The number of hydrogen-bond acceptors (Lipinski definition) is 7. The molecular weight excluding hydrogens is 377 g/mol. The standard InChI is InChI=1S/C20H20FN5O3/c1-3-4-7-28-17-10-23-16(9-24-17)19(27)25-13-5-6-15(21)14(8-13)18-12(2)11-29-20(22)26-18/h5-6,8-10,12,18H,7,11H2,1-2H3,(H2,22,26)(H,25,27). The molecule has 2 atom stereocenters. The fourth-order valence-corrected chi connectivity index (χ4v) is 2.72. The van der Waals surface area contributed by atoms with Gasteiger partial charge in [-0.3, -0.25) is 4.79 Å². The summed E-state index contributed by atoms with van der Waals surface area (Å²) in [4.78, 5) is 24.7. The first-order valence-corrected chi connectivity index (χ1v) is 8.89. The van der Waals surface area contributed by atoms with Crippen LogP contribution in [0.5, 0.6) is 5.88 Å². The van der Waals surface area contributed by atoms with E-state index in [9.17, 15) is 9.18 Å². The number of benzene rings is 1. The van der Waals surface area contributed by atoms with E-state index < -0.39 is 17.8 Å². The summed E-state index contributed by atoms with van der Waals surface area (Å²) in [5.41, 5.74) is 6.44. The van der Waals surface area contributed by atoms with E-state index in [0.29, 0.717) is 17.9 Å². The summed E-state index contributed by atoms with van der Waals surface area (Å²) >= 11 is 0. The molecule has 0 radical (unpaired) electrons. The van der Waals surface area contributed by atoms with Gasteiger partial charge in [-0.25, -0.2) is 19.4 Å². The van der Waals surface area contributed by atoms with E-state index in [2.05, 4.69) is 32.1 Å². The van der Waals surface area contributed by atoms with E-state index in [1.165, 1.54) is 30.6 Å². The second-order valence-corrected chi connectivity index (χ2v) is 6.35. The van der Waals surface area contributed by atoms with E-state index in [1.807, 2.05) is 6.92 Å². The van der Waals surface area contributed by atoms with E-state index in [-0.39, 0.29) is 30.1 Å². The highest BCUT2D eigenvalue weighted by atomic mass is 19.1. The van der Waals surface area contributed by atoms with Crippen molar-refractivity contribution in [3.05, 3.63) is 47.7 Å². The Morgan fingerprint density at radius 3 is 2.97 bits per heavy atom. The van der Waals surface area contributed by atoms with Crippen LogP contribution in [0, 0.1) is 23.6 Å². The number of ether oxygens (including phenoxy) is 2. The maximum Gasteiger partial charge on any atom is 0.282 e. The second kappa shape index (κ2) is 9.01. The molecule has 0 saturated carbocycles. The molecular formula is C20H20FN5O3. The number of halogens is 1. The van der Waals surface area contributed by atoms with Crippen LogP contribution in [0.3, 0.4) is 0 Å². The zero-order valence-corrected chi connectivity index (χ0v) is 16.0. The largest absolute Gasteiger partial charge is 0.465 e. The van der Waals surface area contributed by atoms with Crippen molar-refractivity contribution in [3.8, 4) is 17.7 Å². The van der Waals surface area contributed by atoms with E-state index in [1.54, 1.807) is 6.92 Å². The maximum absolute atomic E-state index is 14.4. The average molecular weight is 397 g/mol. The van der Waals surface area contributed by atoms with Crippen molar-refractivity contribution in [2.24, 2.45) is 16.6 Å². The van der Waals surface area contributed by atoms with Crippen LogP contribution in [0.4, 0.5) is 10.1 Å². The molecule has 3 N–H and O–H groups in total. The van der Waals surface area contributed by atoms with Gasteiger partial charge in [0.05, 0.1) is 25.0 Å². The fourth-order valence-electron chi connectivity index (χ4n) is 2.72. The number of amides is 1. The zero-order valence-electron chi connectivity index (χ0n) is 16.0. The zero-order chi connectivity index (χ0) is 20.8. The van der Waals surface area contributed by atoms with Gasteiger partial charge in [0.15, 0.2) is 6.61 Å². The Kier molecular flexibility index (Phi) is 6.24. The van der Waals surface area contributed by atoms with Crippen molar-refractivity contribution < 1.29 is 18.7 Å². The van der Waals surface area contributed by atoms with Crippen molar-refractivity contribution in [3.63, 3.8) is 0 Å². The quantitative estimate of drug-likeness (QED) is 0.749. The van der Waals surface area contributed by atoms with Crippen LogP contribution in [0.25, 0.3) is 0 Å². The van der Waals surface area contributed by atoms with Gasteiger partial charge in [0.2, 0.25) is 5.88 Å². The third-order valence-corrected chi connectivity index (χ3v) is 4.20. The summed E-state index contributed by atoms with van der Waals surface area (Å²) in [6.07, 6.45) is 2.63. The number of carbonyl (C=O) groups is 1. The summed E-state index contributed by atoms with van der Waals surface area (Å²) in [6.45, 7) is 4.11. The minimum Gasteiger partial charge on any atom is -0.465 e. The van der Waals surface area contributed by atoms with Gasteiger partial charge in [0, 0.05) is 17.2 Å². The van der Waals surface area contributed by atoms with Crippen LogP contribution in [0.15, 0.2) is 35.6 Å². The van der Waals surface area contributed by atoms with Gasteiger partial charge in [0.1, 0.15) is 11.5 Å². The molecule has 8 nitrogen and oxygen atoms in total. The number of aliphatic imine (C=N–C) groups is 1. The number of aromatic nitrogens is 2. The van der Waals surface area contributed by atoms with Gasteiger partial charge in [0.25, 0.3) is 11.9 Å². The molecule has 150 valence electrons. The number of nitrogens with one attached hydrogen (secondary N) is 1. The second-order valence-electron chi connectivity index (χ2n) is 6.35. The third-order valence-electron chi connectivity index (χ3n) is 4.20. The highest BCUT2D eigenvalue weighted by molar-refractivity contribution is 6.02. The van der Waals surface area contributed by atoms with Crippen molar-refractivity contribution in [2.75, 3.05) is 18.5 Å². The smallest absolute Gasteiger partial charge is 0.282 e. The normalized spacial score (nSPS) is 18.0. The highest BCUT2D eigenvalue weighted by Gasteiger charge is 2.27. The van der Waals surface area contributed by atoms with Crippen LogP contribution < -0.4 is 15.8 Å². The SMILES string of the molecule is CC#CCOc1cnc(C(=O)Nc2ccc(F)c(C3N=C(N)OCC3C)c2)cn1. The monoisotopic (exact) mass is 397 g/mol. The van der Waals surface area contributed by atoms with E-state index in [4.69, 9.17) is 15.2 Å². The summed E-state index contributed by atoms with van der Waals surface area (Å²) in [6, 6.07) is 3.79. The Morgan fingerprint density at radius 2 is 2.24 bits per heavy atom. The lowest BCUT2D eigenvalue weighted by molar-refractivity contribution is 0.102. The summed E-state index contributed by atoms with van der Waals surface area (Å²) < 4.78 is 24.8. The highest BCUT2D eigenvalue weighted by Crippen LogP contribution is 2.32. The van der Waals surface area contributed by atoms with Gasteiger partial charge in [-0.2, -0.15) is 0 Å². The van der Waals surface area contributed by atoms with Crippen LogP contribution in [-0.2, 0) is 4.74 Å². The van der Waals surface area contributed by atoms with Gasteiger partial charge in [-0.1, -0.05) is 12.8 Å².